The summed E-state index contributed by atoms with van der Waals surface area (Å²) in [5.74, 6) is -2.00. The van der Waals surface area contributed by atoms with Crippen molar-refractivity contribution in [2.75, 3.05) is 12.4 Å². The Morgan fingerprint density at radius 2 is 1.55 bits per heavy atom. The average Bonchev–Trinajstić information content (AvgIpc) is 3.32. The van der Waals surface area contributed by atoms with Gasteiger partial charge in [0.15, 0.2) is 0 Å². The molecule has 0 bridgehead atoms. The minimum atomic E-state index is -1.16. The average molecular weight is 623 g/mol. The third kappa shape index (κ3) is 7.79. The Hall–Kier alpha value is -4.31. The summed E-state index contributed by atoms with van der Waals surface area (Å²) in [7, 11) is 1.21. The molecule has 7 nitrogen and oxygen atoms in total. The standard InChI is InChI=1S/C34H33ClF2N2O5/c1-20(2)39-29(16-15-27(40)18-28(41)19-30(42)44-3)31(21-7-11-24(36)12-8-21)32(22-9-13-25(37)14-10-22)33(39)34(43)38-26-6-4-5-23(35)17-26/h4-17,20,27-28,40-41H,18-19H2,1-3H3,(H,38,43)/t27-,28-/m1/s1. The Kier molecular flexibility index (Phi) is 10.7. The number of carbonyl (C=O) groups excluding carboxylic acids is 2. The molecule has 0 saturated carbocycles. The zero-order valence-corrected chi connectivity index (χ0v) is 25.2. The molecule has 3 N–H and O–H groups in total. The van der Waals surface area contributed by atoms with Gasteiger partial charge in [-0.2, -0.15) is 0 Å². The van der Waals surface area contributed by atoms with Crippen LogP contribution in [0.4, 0.5) is 14.5 Å². The van der Waals surface area contributed by atoms with E-state index in [2.05, 4.69) is 10.1 Å². The number of aliphatic hydroxyl groups is 2. The molecule has 0 fully saturated rings. The molecule has 1 heterocycles. The Morgan fingerprint density at radius 3 is 2.09 bits per heavy atom. The van der Waals surface area contributed by atoms with Gasteiger partial charge in [0.25, 0.3) is 5.91 Å². The number of rotatable bonds is 11. The number of ether oxygens (including phenoxy) is 1. The normalized spacial score (nSPS) is 12.8. The molecule has 2 atom stereocenters. The largest absolute Gasteiger partial charge is 0.469 e. The number of halogens is 3. The van der Waals surface area contributed by atoms with Gasteiger partial charge in [0.1, 0.15) is 17.3 Å². The van der Waals surface area contributed by atoms with Gasteiger partial charge in [0.05, 0.1) is 25.7 Å². The van der Waals surface area contributed by atoms with Crippen LogP contribution in [-0.4, -0.2) is 46.0 Å². The molecular weight excluding hydrogens is 590 g/mol. The predicted octanol–water partition coefficient (Wildman–Crippen LogP) is 7.28. The summed E-state index contributed by atoms with van der Waals surface area (Å²) in [5.41, 5.74) is 3.31. The Labute approximate surface area is 259 Å². The molecule has 44 heavy (non-hydrogen) atoms. The number of amides is 1. The van der Waals surface area contributed by atoms with Crippen LogP contribution in [0.1, 0.15) is 48.9 Å². The summed E-state index contributed by atoms with van der Waals surface area (Å²) < 4.78 is 34.5. The Morgan fingerprint density at radius 1 is 0.955 bits per heavy atom. The summed E-state index contributed by atoms with van der Waals surface area (Å²) in [5, 5.41) is 24.3. The lowest BCUT2D eigenvalue weighted by Crippen LogP contribution is -2.20. The molecule has 0 aliphatic rings. The van der Waals surface area contributed by atoms with E-state index in [9.17, 15) is 28.6 Å². The summed E-state index contributed by atoms with van der Waals surface area (Å²) >= 11 is 6.16. The van der Waals surface area contributed by atoms with Crippen LogP contribution in [0.3, 0.4) is 0 Å². The van der Waals surface area contributed by atoms with Crippen molar-refractivity contribution in [3.63, 3.8) is 0 Å². The Balaban J connectivity index is 1.95. The molecule has 4 rings (SSSR count). The van der Waals surface area contributed by atoms with Gasteiger partial charge < -0.3 is 24.8 Å². The van der Waals surface area contributed by atoms with Crippen molar-refractivity contribution >= 4 is 35.2 Å². The van der Waals surface area contributed by atoms with Crippen molar-refractivity contribution in [2.45, 2.75) is 44.9 Å². The molecule has 0 saturated heterocycles. The minimum absolute atomic E-state index is 0.146. The smallest absolute Gasteiger partial charge is 0.308 e. The number of esters is 1. The molecule has 0 unspecified atom stereocenters. The fraction of sp³-hybridized carbons (Fsp3) is 0.235. The molecule has 0 spiro atoms. The fourth-order valence-corrected chi connectivity index (χ4v) is 5.20. The highest BCUT2D eigenvalue weighted by Gasteiger charge is 2.29. The van der Waals surface area contributed by atoms with E-state index in [-0.39, 0.29) is 24.6 Å². The first-order chi connectivity index (χ1) is 21.0. The molecule has 3 aromatic carbocycles. The fourth-order valence-electron chi connectivity index (χ4n) is 5.01. The Bertz CT molecular complexity index is 1650. The van der Waals surface area contributed by atoms with E-state index in [0.717, 1.165) is 0 Å². The number of hydrogen-bond donors (Lipinski definition) is 3. The number of nitrogens with one attached hydrogen (secondary N) is 1. The summed E-state index contributed by atoms with van der Waals surface area (Å²) in [6.07, 6.45) is 0.334. The van der Waals surface area contributed by atoms with Crippen molar-refractivity contribution in [1.82, 2.24) is 4.57 Å². The van der Waals surface area contributed by atoms with Gasteiger partial charge in [-0.15, -0.1) is 0 Å². The molecule has 0 radical (unpaired) electrons. The maximum absolute atomic E-state index is 14.1. The maximum atomic E-state index is 14.1. The van der Waals surface area contributed by atoms with E-state index < -0.39 is 35.7 Å². The molecule has 4 aromatic rings. The SMILES string of the molecule is COC(=O)C[C@H](O)C[C@H](O)C=Cc1c(-c2ccc(F)cc2)c(-c2ccc(F)cc2)c(C(=O)Nc2cccc(Cl)c2)n1C(C)C. The van der Waals surface area contributed by atoms with Crippen LogP contribution < -0.4 is 5.32 Å². The highest BCUT2D eigenvalue weighted by Crippen LogP contribution is 2.43. The van der Waals surface area contributed by atoms with E-state index in [1.165, 1.54) is 37.5 Å². The molecule has 1 amide bonds. The highest BCUT2D eigenvalue weighted by atomic mass is 35.5. The summed E-state index contributed by atoms with van der Waals surface area (Å²) in [6, 6.07) is 17.8. The van der Waals surface area contributed by atoms with Crippen molar-refractivity contribution in [1.29, 1.82) is 0 Å². The van der Waals surface area contributed by atoms with Gasteiger partial charge in [0, 0.05) is 40.0 Å². The second kappa shape index (κ2) is 14.4. The van der Waals surface area contributed by atoms with Crippen LogP contribution in [0.2, 0.25) is 5.02 Å². The number of methoxy groups -OCH3 is 1. The number of nitrogens with zero attached hydrogens (tertiary/aromatic N) is 1. The maximum Gasteiger partial charge on any atom is 0.308 e. The number of aromatic nitrogens is 1. The van der Waals surface area contributed by atoms with Crippen LogP contribution >= 0.6 is 11.6 Å². The second-order valence-corrected chi connectivity index (χ2v) is 11.0. The molecule has 0 aliphatic carbocycles. The zero-order valence-electron chi connectivity index (χ0n) is 24.4. The molecule has 1 aromatic heterocycles. The lowest BCUT2D eigenvalue weighted by Gasteiger charge is -2.17. The molecular formula is C34H33ClF2N2O5. The number of hydrogen-bond acceptors (Lipinski definition) is 5. The van der Waals surface area contributed by atoms with Crippen LogP contribution in [0, 0.1) is 11.6 Å². The van der Waals surface area contributed by atoms with Gasteiger partial charge in [-0.1, -0.05) is 48.0 Å². The van der Waals surface area contributed by atoms with Crippen LogP contribution in [0.25, 0.3) is 28.3 Å². The van der Waals surface area contributed by atoms with Crippen molar-refractivity contribution in [3.8, 4) is 22.3 Å². The van der Waals surface area contributed by atoms with Gasteiger partial charge >= 0.3 is 5.97 Å². The van der Waals surface area contributed by atoms with E-state index in [0.29, 0.717) is 38.7 Å². The van der Waals surface area contributed by atoms with Crippen molar-refractivity contribution in [3.05, 3.63) is 107 Å². The molecule has 10 heteroatoms. The molecule has 230 valence electrons. The highest BCUT2D eigenvalue weighted by molar-refractivity contribution is 6.31. The van der Waals surface area contributed by atoms with Gasteiger partial charge in [-0.3, -0.25) is 9.59 Å². The number of carbonyl (C=O) groups is 2. The molecule has 0 aliphatic heterocycles. The topological polar surface area (TPSA) is 101 Å². The van der Waals surface area contributed by atoms with E-state index in [1.807, 2.05) is 13.8 Å². The zero-order chi connectivity index (χ0) is 32.0. The lowest BCUT2D eigenvalue weighted by molar-refractivity contribution is -0.143. The summed E-state index contributed by atoms with van der Waals surface area (Å²) in [6.45, 7) is 3.76. The van der Waals surface area contributed by atoms with Crippen LogP contribution in [0.15, 0.2) is 78.9 Å². The third-order valence-corrected chi connectivity index (χ3v) is 7.18. The van der Waals surface area contributed by atoms with Crippen molar-refractivity contribution < 1.29 is 33.3 Å². The first-order valence-electron chi connectivity index (χ1n) is 14.0. The first kappa shape index (κ1) is 32.6. The lowest BCUT2D eigenvalue weighted by atomic mass is 9.94. The second-order valence-electron chi connectivity index (χ2n) is 10.5. The number of anilines is 1. The third-order valence-electron chi connectivity index (χ3n) is 6.94. The monoisotopic (exact) mass is 622 g/mol. The predicted molar refractivity (Wildman–Crippen MR) is 167 cm³/mol. The van der Waals surface area contributed by atoms with Crippen LogP contribution in [-0.2, 0) is 9.53 Å². The van der Waals surface area contributed by atoms with E-state index in [1.54, 1.807) is 59.2 Å². The van der Waals surface area contributed by atoms with E-state index >= 15 is 0 Å². The van der Waals surface area contributed by atoms with Crippen molar-refractivity contribution in [2.24, 2.45) is 0 Å². The van der Waals surface area contributed by atoms with Crippen LogP contribution in [0.5, 0.6) is 0 Å². The summed E-state index contributed by atoms with van der Waals surface area (Å²) in [4.78, 5) is 25.7. The quantitative estimate of drug-likeness (QED) is 0.153. The van der Waals surface area contributed by atoms with Gasteiger partial charge in [-0.05, 0) is 73.5 Å². The number of aliphatic hydroxyl groups excluding tert-OH is 2. The number of benzene rings is 3. The minimum Gasteiger partial charge on any atom is -0.469 e. The van der Waals surface area contributed by atoms with Gasteiger partial charge in [0.2, 0.25) is 0 Å². The van der Waals surface area contributed by atoms with E-state index in [4.69, 9.17) is 11.6 Å². The first-order valence-corrected chi connectivity index (χ1v) is 14.3. The van der Waals surface area contributed by atoms with Gasteiger partial charge in [-0.25, -0.2) is 8.78 Å².